The van der Waals surface area contributed by atoms with Crippen molar-refractivity contribution in [2.24, 2.45) is 5.92 Å². The van der Waals surface area contributed by atoms with Crippen LogP contribution in [0.5, 0.6) is 0 Å². The van der Waals surface area contributed by atoms with E-state index in [4.69, 9.17) is 0 Å². The molecule has 1 aromatic carbocycles. The average molecular weight is 279 g/mol. The summed E-state index contributed by atoms with van der Waals surface area (Å²) in [6.07, 6.45) is 2.66. The molecule has 0 aliphatic carbocycles. The van der Waals surface area contributed by atoms with Crippen molar-refractivity contribution in [1.82, 2.24) is 5.32 Å². The summed E-state index contributed by atoms with van der Waals surface area (Å²) in [4.78, 5) is 1.52. The van der Waals surface area contributed by atoms with E-state index in [1.54, 1.807) is 5.56 Å². The van der Waals surface area contributed by atoms with Crippen LogP contribution in [0.2, 0.25) is 0 Å². The third-order valence-corrected chi connectivity index (χ3v) is 6.55. The van der Waals surface area contributed by atoms with Gasteiger partial charge in [0, 0.05) is 21.9 Å². The number of thioether (sulfide) groups is 2. The van der Waals surface area contributed by atoms with Crippen LogP contribution in [-0.4, -0.2) is 29.3 Å². The topological polar surface area (TPSA) is 12.0 Å². The first-order valence-electron chi connectivity index (χ1n) is 6.92. The van der Waals surface area contributed by atoms with Gasteiger partial charge in [0.15, 0.2) is 0 Å². The zero-order valence-electron chi connectivity index (χ0n) is 10.9. The fourth-order valence-electron chi connectivity index (χ4n) is 3.04. The maximum absolute atomic E-state index is 3.66. The molecule has 0 saturated carbocycles. The Morgan fingerprint density at radius 2 is 2.17 bits per heavy atom. The normalized spacial score (nSPS) is 30.6. The Morgan fingerprint density at radius 1 is 1.28 bits per heavy atom. The Labute approximate surface area is 119 Å². The Balaban J connectivity index is 1.59. The van der Waals surface area contributed by atoms with Crippen LogP contribution in [0.15, 0.2) is 29.2 Å². The first-order valence-corrected chi connectivity index (χ1v) is 8.96. The van der Waals surface area contributed by atoms with Gasteiger partial charge in [-0.15, -0.1) is 11.8 Å². The summed E-state index contributed by atoms with van der Waals surface area (Å²) in [5.74, 6) is 3.54. The summed E-state index contributed by atoms with van der Waals surface area (Å²) >= 11 is 4.23. The number of hydrogen-bond acceptors (Lipinski definition) is 3. The van der Waals surface area contributed by atoms with Gasteiger partial charge in [-0.05, 0) is 42.7 Å². The molecule has 98 valence electrons. The molecule has 3 heteroatoms. The minimum absolute atomic E-state index is 0.754. The van der Waals surface area contributed by atoms with Gasteiger partial charge in [0.25, 0.3) is 0 Å². The van der Waals surface area contributed by atoms with E-state index in [-0.39, 0.29) is 0 Å². The molecule has 3 rings (SSSR count). The Kier molecular flexibility index (Phi) is 4.22. The molecule has 2 heterocycles. The van der Waals surface area contributed by atoms with Gasteiger partial charge < -0.3 is 5.32 Å². The summed E-state index contributed by atoms with van der Waals surface area (Å²) in [5.41, 5.74) is 1.57. The highest BCUT2D eigenvalue weighted by atomic mass is 32.2. The Morgan fingerprint density at radius 3 is 3.00 bits per heavy atom. The van der Waals surface area contributed by atoms with Gasteiger partial charge in [0.05, 0.1) is 0 Å². The van der Waals surface area contributed by atoms with Gasteiger partial charge in [0.2, 0.25) is 0 Å². The van der Waals surface area contributed by atoms with Crippen LogP contribution >= 0.6 is 23.5 Å². The summed E-state index contributed by atoms with van der Waals surface area (Å²) in [5, 5.41) is 4.47. The van der Waals surface area contributed by atoms with Crippen LogP contribution in [0.3, 0.4) is 0 Å². The van der Waals surface area contributed by atoms with Gasteiger partial charge in [-0.1, -0.05) is 25.1 Å². The highest BCUT2D eigenvalue weighted by molar-refractivity contribution is 8.00. The van der Waals surface area contributed by atoms with Crippen molar-refractivity contribution in [1.29, 1.82) is 0 Å². The molecule has 18 heavy (non-hydrogen) atoms. The van der Waals surface area contributed by atoms with Crippen molar-refractivity contribution in [2.45, 2.75) is 36.0 Å². The van der Waals surface area contributed by atoms with Crippen LogP contribution in [0, 0.1) is 5.92 Å². The standard InChI is InChI=1S/C15H21NS2/c1-2-16-14-10-17-9-12(14)8-13-7-11-5-3-4-6-15(11)18-13/h3-6,12-14,16H,2,7-10H2,1H3. The molecule has 0 amide bonds. The second kappa shape index (κ2) is 5.89. The van der Waals surface area contributed by atoms with Gasteiger partial charge in [-0.2, -0.15) is 11.8 Å². The van der Waals surface area contributed by atoms with Crippen molar-refractivity contribution in [3.05, 3.63) is 29.8 Å². The van der Waals surface area contributed by atoms with E-state index in [0.717, 1.165) is 23.8 Å². The van der Waals surface area contributed by atoms with Gasteiger partial charge in [0.1, 0.15) is 0 Å². The molecule has 1 N–H and O–H groups in total. The molecule has 0 aromatic heterocycles. The minimum atomic E-state index is 0.754. The minimum Gasteiger partial charge on any atom is -0.313 e. The molecular weight excluding hydrogens is 258 g/mol. The van der Waals surface area contributed by atoms with E-state index in [0.29, 0.717) is 0 Å². The number of hydrogen-bond donors (Lipinski definition) is 1. The number of nitrogens with one attached hydrogen (secondary N) is 1. The maximum Gasteiger partial charge on any atom is 0.0194 e. The first kappa shape index (κ1) is 12.9. The van der Waals surface area contributed by atoms with Gasteiger partial charge in [-0.25, -0.2) is 0 Å². The predicted molar refractivity (Wildman–Crippen MR) is 82.7 cm³/mol. The van der Waals surface area contributed by atoms with E-state index in [1.165, 1.54) is 29.2 Å². The van der Waals surface area contributed by atoms with Gasteiger partial charge in [-0.3, -0.25) is 0 Å². The molecule has 1 nitrogen and oxygen atoms in total. The summed E-state index contributed by atoms with van der Waals surface area (Å²) in [6, 6.07) is 9.68. The third kappa shape index (κ3) is 2.73. The SMILES string of the molecule is CCNC1CSCC1CC1Cc2ccccc2S1. The lowest BCUT2D eigenvalue weighted by Gasteiger charge is -2.22. The van der Waals surface area contributed by atoms with Crippen LogP contribution in [0.25, 0.3) is 0 Å². The number of rotatable bonds is 4. The number of fused-ring (bicyclic) bond motifs is 1. The molecule has 0 radical (unpaired) electrons. The van der Waals surface area contributed by atoms with E-state index in [9.17, 15) is 0 Å². The average Bonchev–Trinajstić information content (AvgIpc) is 2.97. The van der Waals surface area contributed by atoms with Crippen LogP contribution in [0.1, 0.15) is 18.9 Å². The van der Waals surface area contributed by atoms with Crippen LogP contribution in [0.4, 0.5) is 0 Å². The van der Waals surface area contributed by atoms with Crippen molar-refractivity contribution in [3.8, 4) is 0 Å². The molecule has 2 aliphatic rings. The largest absolute Gasteiger partial charge is 0.313 e. The zero-order valence-corrected chi connectivity index (χ0v) is 12.5. The molecular formula is C15H21NS2. The molecule has 1 aromatic rings. The van der Waals surface area contributed by atoms with E-state index >= 15 is 0 Å². The van der Waals surface area contributed by atoms with Crippen LogP contribution in [-0.2, 0) is 6.42 Å². The molecule has 3 atom stereocenters. The summed E-state index contributed by atoms with van der Waals surface area (Å²) < 4.78 is 0. The summed E-state index contributed by atoms with van der Waals surface area (Å²) in [7, 11) is 0. The van der Waals surface area contributed by atoms with Gasteiger partial charge >= 0.3 is 0 Å². The fraction of sp³-hybridized carbons (Fsp3) is 0.600. The second-order valence-corrected chi connectivity index (χ2v) is 7.67. The van der Waals surface area contributed by atoms with E-state index in [1.807, 2.05) is 0 Å². The second-order valence-electron chi connectivity index (χ2n) is 5.25. The Bertz CT molecular complexity index is 382. The fourth-order valence-corrected chi connectivity index (χ4v) is 5.92. The van der Waals surface area contributed by atoms with E-state index < -0.39 is 0 Å². The lowest BCUT2D eigenvalue weighted by atomic mass is 9.95. The quantitative estimate of drug-likeness (QED) is 0.907. The predicted octanol–water partition coefficient (Wildman–Crippen LogP) is 3.43. The smallest absolute Gasteiger partial charge is 0.0194 e. The number of benzene rings is 1. The summed E-state index contributed by atoms with van der Waals surface area (Å²) in [6.45, 7) is 3.33. The highest BCUT2D eigenvalue weighted by Gasteiger charge is 2.31. The molecule has 3 unspecified atom stereocenters. The lowest BCUT2D eigenvalue weighted by molar-refractivity contribution is 0.408. The van der Waals surface area contributed by atoms with Crippen LogP contribution < -0.4 is 5.32 Å². The van der Waals surface area contributed by atoms with Crippen molar-refractivity contribution >= 4 is 23.5 Å². The molecule has 2 aliphatic heterocycles. The molecule has 0 spiro atoms. The van der Waals surface area contributed by atoms with Crippen molar-refractivity contribution in [2.75, 3.05) is 18.1 Å². The monoisotopic (exact) mass is 279 g/mol. The highest BCUT2D eigenvalue weighted by Crippen LogP contribution is 2.41. The van der Waals surface area contributed by atoms with Crippen molar-refractivity contribution in [3.63, 3.8) is 0 Å². The first-order chi connectivity index (χ1) is 8.86. The van der Waals surface area contributed by atoms with Crippen molar-refractivity contribution < 1.29 is 0 Å². The lowest BCUT2D eigenvalue weighted by Crippen LogP contribution is -2.36. The van der Waals surface area contributed by atoms with E-state index in [2.05, 4.69) is 60.0 Å². The molecule has 1 saturated heterocycles. The Hall–Kier alpha value is -0.120. The third-order valence-electron chi connectivity index (χ3n) is 3.94. The maximum atomic E-state index is 3.66. The molecule has 1 fully saturated rings. The molecule has 0 bridgehead atoms. The zero-order chi connectivity index (χ0) is 12.4.